The Morgan fingerprint density at radius 2 is 2.05 bits per heavy atom. The van der Waals surface area contributed by atoms with Gasteiger partial charge >= 0.3 is 5.97 Å². The van der Waals surface area contributed by atoms with Gasteiger partial charge in [0.05, 0.1) is 0 Å². The van der Waals surface area contributed by atoms with Crippen molar-refractivity contribution in [1.29, 1.82) is 0 Å². The number of carbonyl (C=O) groups is 1. The van der Waals surface area contributed by atoms with Crippen molar-refractivity contribution in [2.75, 3.05) is 58.3 Å². The Balaban J connectivity index is 1.83. The molecule has 0 bridgehead atoms. The summed E-state index contributed by atoms with van der Waals surface area (Å²) in [5.74, 6) is -0.833. The summed E-state index contributed by atoms with van der Waals surface area (Å²) in [6.07, 6.45) is 0. The molecule has 0 spiro atoms. The van der Waals surface area contributed by atoms with Gasteiger partial charge in [-0.2, -0.15) is 0 Å². The van der Waals surface area contributed by atoms with Crippen LogP contribution in [0.2, 0.25) is 0 Å². The Morgan fingerprint density at radius 1 is 1.37 bits per heavy atom. The average Bonchev–Trinajstić information content (AvgIpc) is 2.86. The van der Waals surface area contributed by atoms with E-state index in [0.717, 1.165) is 45.0 Å². The highest BCUT2D eigenvalue weighted by molar-refractivity contribution is 7.12. The Bertz CT molecular complexity index is 425. The van der Waals surface area contributed by atoms with E-state index in [0.29, 0.717) is 4.88 Å². The lowest BCUT2D eigenvalue weighted by Gasteiger charge is -2.36. The van der Waals surface area contributed by atoms with Crippen LogP contribution in [0.4, 0.5) is 5.69 Å². The SMILES string of the molecule is CN(C)CCN1CCN(c2csc(C(=O)O)c2)CC1. The fourth-order valence-electron chi connectivity index (χ4n) is 2.18. The monoisotopic (exact) mass is 283 g/mol. The summed E-state index contributed by atoms with van der Waals surface area (Å²) in [5.41, 5.74) is 1.05. The summed E-state index contributed by atoms with van der Waals surface area (Å²) in [5, 5.41) is 10.9. The second-order valence-electron chi connectivity index (χ2n) is 5.11. The largest absolute Gasteiger partial charge is 0.477 e. The van der Waals surface area contributed by atoms with Crippen LogP contribution in [0.25, 0.3) is 0 Å². The van der Waals surface area contributed by atoms with Crippen LogP contribution in [0, 0.1) is 0 Å². The van der Waals surface area contributed by atoms with Crippen LogP contribution in [0.5, 0.6) is 0 Å². The molecule has 1 aromatic heterocycles. The molecule has 0 aromatic carbocycles. The van der Waals surface area contributed by atoms with E-state index in [4.69, 9.17) is 5.11 Å². The molecule has 2 heterocycles. The molecule has 1 aromatic rings. The maximum absolute atomic E-state index is 10.9. The first-order valence-electron chi connectivity index (χ1n) is 6.50. The number of carboxylic acids is 1. The van der Waals surface area contributed by atoms with Crippen molar-refractivity contribution < 1.29 is 9.90 Å². The molecule has 0 atom stereocenters. The van der Waals surface area contributed by atoms with E-state index >= 15 is 0 Å². The van der Waals surface area contributed by atoms with Crippen molar-refractivity contribution in [2.24, 2.45) is 0 Å². The average molecular weight is 283 g/mol. The molecule has 1 aliphatic rings. The number of anilines is 1. The molecule has 2 rings (SSSR count). The third-order valence-electron chi connectivity index (χ3n) is 3.40. The van der Waals surface area contributed by atoms with Gasteiger partial charge in [0, 0.05) is 50.3 Å². The molecule has 0 amide bonds. The van der Waals surface area contributed by atoms with Crippen LogP contribution < -0.4 is 4.90 Å². The lowest BCUT2D eigenvalue weighted by Crippen LogP contribution is -2.48. The van der Waals surface area contributed by atoms with Crippen molar-refractivity contribution in [3.63, 3.8) is 0 Å². The Hall–Kier alpha value is -1.11. The highest BCUT2D eigenvalue weighted by atomic mass is 32.1. The number of hydrogen-bond acceptors (Lipinski definition) is 5. The summed E-state index contributed by atoms with van der Waals surface area (Å²) in [7, 11) is 4.18. The van der Waals surface area contributed by atoms with Crippen molar-refractivity contribution in [3.8, 4) is 0 Å². The highest BCUT2D eigenvalue weighted by Crippen LogP contribution is 2.24. The minimum absolute atomic E-state index is 0.421. The quantitative estimate of drug-likeness (QED) is 0.878. The predicted molar refractivity (Wildman–Crippen MR) is 78.5 cm³/mol. The topological polar surface area (TPSA) is 47.0 Å². The Labute approximate surface area is 118 Å². The summed E-state index contributed by atoms with van der Waals surface area (Å²) >= 11 is 1.30. The first-order valence-corrected chi connectivity index (χ1v) is 7.38. The molecule has 1 N–H and O–H groups in total. The molecule has 1 fully saturated rings. The fourth-order valence-corrected chi connectivity index (χ4v) is 2.93. The molecule has 1 aliphatic heterocycles. The summed E-state index contributed by atoms with van der Waals surface area (Å²) in [6, 6.07) is 1.78. The first-order chi connectivity index (χ1) is 9.06. The van der Waals surface area contributed by atoms with E-state index in [1.165, 1.54) is 11.3 Å². The standard InChI is InChI=1S/C13H21N3O2S/c1-14(2)3-4-15-5-7-16(8-6-15)11-9-12(13(17)18)19-10-11/h9-10H,3-8H2,1-2H3,(H,17,18). The zero-order valence-electron chi connectivity index (χ0n) is 11.5. The van der Waals surface area contributed by atoms with E-state index in [1.54, 1.807) is 6.07 Å². The van der Waals surface area contributed by atoms with Gasteiger partial charge in [0.1, 0.15) is 4.88 Å². The van der Waals surface area contributed by atoms with Gasteiger partial charge < -0.3 is 14.9 Å². The number of rotatable bonds is 5. The molecule has 1 saturated heterocycles. The van der Waals surface area contributed by atoms with Gasteiger partial charge in [-0.15, -0.1) is 11.3 Å². The van der Waals surface area contributed by atoms with Gasteiger partial charge in [-0.3, -0.25) is 4.90 Å². The van der Waals surface area contributed by atoms with Gasteiger partial charge in [0.25, 0.3) is 0 Å². The maximum atomic E-state index is 10.9. The molecule has 6 heteroatoms. The number of piperazine rings is 1. The third kappa shape index (κ3) is 3.92. The number of hydrogen-bond donors (Lipinski definition) is 1. The number of thiophene rings is 1. The summed E-state index contributed by atoms with van der Waals surface area (Å²) < 4.78 is 0. The zero-order valence-corrected chi connectivity index (χ0v) is 12.3. The van der Waals surface area contributed by atoms with Crippen molar-refractivity contribution in [3.05, 3.63) is 16.3 Å². The lowest BCUT2D eigenvalue weighted by atomic mass is 10.3. The van der Waals surface area contributed by atoms with Crippen LogP contribution in [-0.4, -0.2) is 74.2 Å². The molecule has 5 nitrogen and oxygen atoms in total. The van der Waals surface area contributed by atoms with Crippen LogP contribution in [-0.2, 0) is 0 Å². The second kappa shape index (κ2) is 6.36. The molecule has 106 valence electrons. The highest BCUT2D eigenvalue weighted by Gasteiger charge is 2.18. The van der Waals surface area contributed by atoms with Crippen molar-refractivity contribution >= 4 is 23.0 Å². The normalized spacial score (nSPS) is 17.1. The smallest absolute Gasteiger partial charge is 0.345 e. The maximum Gasteiger partial charge on any atom is 0.345 e. The third-order valence-corrected chi connectivity index (χ3v) is 4.30. The van der Waals surface area contributed by atoms with Crippen molar-refractivity contribution in [2.45, 2.75) is 0 Å². The zero-order chi connectivity index (χ0) is 13.8. The number of aromatic carboxylic acids is 1. The van der Waals surface area contributed by atoms with Crippen LogP contribution in [0.3, 0.4) is 0 Å². The molecule has 19 heavy (non-hydrogen) atoms. The number of carboxylic acid groups (broad SMARTS) is 1. The van der Waals surface area contributed by atoms with E-state index in [2.05, 4.69) is 28.8 Å². The molecule has 0 saturated carbocycles. The van der Waals surface area contributed by atoms with Crippen LogP contribution in [0.1, 0.15) is 9.67 Å². The van der Waals surface area contributed by atoms with E-state index in [1.807, 2.05) is 5.38 Å². The first kappa shape index (κ1) is 14.3. The van der Waals surface area contributed by atoms with Gasteiger partial charge in [-0.05, 0) is 20.2 Å². The Kier molecular flexibility index (Phi) is 4.79. The summed E-state index contributed by atoms with van der Waals surface area (Å²) in [4.78, 5) is 18.2. The van der Waals surface area contributed by atoms with Gasteiger partial charge in [-0.25, -0.2) is 4.79 Å². The molecule has 0 aliphatic carbocycles. The van der Waals surface area contributed by atoms with Crippen LogP contribution in [0.15, 0.2) is 11.4 Å². The van der Waals surface area contributed by atoms with E-state index in [9.17, 15) is 4.79 Å². The second-order valence-corrected chi connectivity index (χ2v) is 6.02. The Morgan fingerprint density at radius 3 is 2.58 bits per heavy atom. The predicted octanol–water partition coefficient (Wildman–Crippen LogP) is 1.13. The fraction of sp³-hybridized carbons (Fsp3) is 0.615. The van der Waals surface area contributed by atoms with Crippen molar-refractivity contribution in [1.82, 2.24) is 9.80 Å². The minimum Gasteiger partial charge on any atom is -0.477 e. The van der Waals surface area contributed by atoms with Gasteiger partial charge in [-0.1, -0.05) is 0 Å². The molecule has 0 radical (unpaired) electrons. The minimum atomic E-state index is -0.833. The molecule has 0 unspecified atom stereocenters. The van der Waals surface area contributed by atoms with Gasteiger partial charge in [0.2, 0.25) is 0 Å². The van der Waals surface area contributed by atoms with E-state index < -0.39 is 5.97 Å². The van der Waals surface area contributed by atoms with E-state index in [-0.39, 0.29) is 0 Å². The van der Waals surface area contributed by atoms with Crippen LogP contribution >= 0.6 is 11.3 Å². The molecular weight excluding hydrogens is 262 g/mol. The van der Waals surface area contributed by atoms with Gasteiger partial charge in [0.15, 0.2) is 0 Å². The number of likely N-dealkylation sites (N-methyl/N-ethyl adjacent to an activating group) is 1. The summed E-state index contributed by atoms with van der Waals surface area (Å²) in [6.45, 7) is 6.23. The number of nitrogens with zero attached hydrogens (tertiary/aromatic N) is 3. The molecular formula is C13H21N3O2S. The lowest BCUT2D eigenvalue weighted by molar-refractivity contribution is 0.0702.